The summed E-state index contributed by atoms with van der Waals surface area (Å²) >= 11 is 0. The first kappa shape index (κ1) is 16.9. The van der Waals surface area contributed by atoms with Crippen LogP contribution in [-0.4, -0.2) is 29.0 Å². The van der Waals surface area contributed by atoms with Crippen molar-refractivity contribution in [3.8, 4) is 0 Å². The summed E-state index contributed by atoms with van der Waals surface area (Å²) in [6.45, 7) is 0. The number of carbonyl (C=O) groups is 1. The van der Waals surface area contributed by atoms with Crippen LogP contribution < -0.4 is 10.6 Å². The smallest absolute Gasteiger partial charge is 0.243 e. The van der Waals surface area contributed by atoms with Crippen molar-refractivity contribution in [2.75, 3.05) is 11.9 Å². The molecule has 2 N–H and O–H groups in total. The van der Waals surface area contributed by atoms with E-state index in [4.69, 9.17) is 5.73 Å². The molecule has 1 atom stereocenters. The van der Waals surface area contributed by atoms with Crippen LogP contribution in [0.2, 0.25) is 0 Å². The van der Waals surface area contributed by atoms with Crippen molar-refractivity contribution in [2.45, 2.75) is 12.5 Å². The molecule has 7 heteroatoms. The Labute approximate surface area is 143 Å². The second-order valence-corrected chi connectivity index (χ2v) is 5.71. The monoisotopic (exact) mass is 342 g/mol. The minimum atomic E-state index is -0.927. The molecule has 1 aromatic heterocycles. The first-order chi connectivity index (χ1) is 11.9. The van der Waals surface area contributed by atoms with Crippen LogP contribution in [0.5, 0.6) is 0 Å². The highest BCUT2D eigenvalue weighted by Gasteiger charge is 2.20. The van der Waals surface area contributed by atoms with Gasteiger partial charge in [-0.1, -0.05) is 0 Å². The molecule has 0 spiro atoms. The van der Waals surface area contributed by atoms with Crippen LogP contribution in [0, 0.1) is 11.6 Å². The topological polar surface area (TPSA) is 72.1 Å². The fourth-order valence-corrected chi connectivity index (χ4v) is 2.61. The van der Waals surface area contributed by atoms with Crippen LogP contribution >= 0.6 is 0 Å². The van der Waals surface area contributed by atoms with Crippen molar-refractivity contribution in [3.05, 3.63) is 66.0 Å². The summed E-state index contributed by atoms with van der Waals surface area (Å²) in [7, 11) is 1.59. The number of nitrogens with zero attached hydrogens (tertiary/aromatic N) is 3. The molecule has 0 saturated carbocycles. The highest BCUT2D eigenvalue weighted by Crippen LogP contribution is 2.19. The summed E-state index contributed by atoms with van der Waals surface area (Å²) in [6.07, 6.45) is 3.19. The fourth-order valence-electron chi connectivity index (χ4n) is 2.61. The number of anilines is 1. The maximum Gasteiger partial charge on any atom is 0.243 e. The molecule has 25 heavy (non-hydrogen) atoms. The number of carbonyl (C=O) groups excluding carboxylic acids is 1. The van der Waals surface area contributed by atoms with Crippen molar-refractivity contribution in [3.63, 3.8) is 0 Å². The van der Waals surface area contributed by atoms with Gasteiger partial charge in [0.1, 0.15) is 11.6 Å². The number of likely N-dealkylation sites (N-methyl/N-ethyl adjacent to an activating group) is 1. The molecule has 0 radical (unpaired) electrons. The Morgan fingerprint density at radius 1 is 1.08 bits per heavy atom. The number of fused-ring (bicyclic) bond motifs is 1. The molecule has 5 nitrogen and oxygen atoms in total. The van der Waals surface area contributed by atoms with Crippen molar-refractivity contribution >= 4 is 22.6 Å². The lowest BCUT2D eigenvalue weighted by Gasteiger charge is -2.21. The highest BCUT2D eigenvalue weighted by molar-refractivity contribution is 5.98. The maximum absolute atomic E-state index is 13.3. The van der Waals surface area contributed by atoms with E-state index < -0.39 is 17.7 Å². The molecule has 3 aromatic rings. The van der Waals surface area contributed by atoms with Gasteiger partial charge in [0, 0.05) is 31.2 Å². The van der Waals surface area contributed by atoms with Gasteiger partial charge in [-0.25, -0.2) is 8.78 Å². The van der Waals surface area contributed by atoms with Gasteiger partial charge in [-0.2, -0.15) is 0 Å². The summed E-state index contributed by atoms with van der Waals surface area (Å²) in [5.74, 6) is -1.76. The second kappa shape index (κ2) is 6.90. The Kier molecular flexibility index (Phi) is 4.67. The van der Waals surface area contributed by atoms with E-state index in [0.29, 0.717) is 22.3 Å². The summed E-state index contributed by atoms with van der Waals surface area (Å²) in [5, 5.41) is 0. The fraction of sp³-hybridized carbons (Fsp3) is 0.167. The van der Waals surface area contributed by atoms with E-state index in [2.05, 4.69) is 9.97 Å². The van der Waals surface area contributed by atoms with Crippen molar-refractivity contribution in [2.24, 2.45) is 5.73 Å². The molecule has 1 amide bonds. The summed E-state index contributed by atoms with van der Waals surface area (Å²) in [6, 6.07) is 7.42. The number of aromatic nitrogens is 2. The normalized spacial score (nSPS) is 12.2. The Bertz CT molecular complexity index is 912. The van der Waals surface area contributed by atoms with Crippen LogP contribution in [0.4, 0.5) is 14.5 Å². The molecule has 0 aliphatic rings. The minimum absolute atomic E-state index is 0.0330. The van der Waals surface area contributed by atoms with E-state index in [1.807, 2.05) is 0 Å². The largest absolute Gasteiger partial charge is 0.320 e. The second-order valence-electron chi connectivity index (χ2n) is 5.71. The van der Waals surface area contributed by atoms with Crippen molar-refractivity contribution < 1.29 is 13.6 Å². The number of halogens is 2. The van der Waals surface area contributed by atoms with Gasteiger partial charge >= 0.3 is 0 Å². The first-order valence-corrected chi connectivity index (χ1v) is 7.63. The third-order valence-corrected chi connectivity index (χ3v) is 3.87. The van der Waals surface area contributed by atoms with Crippen LogP contribution in [0.1, 0.15) is 5.56 Å². The zero-order valence-corrected chi connectivity index (χ0v) is 13.5. The van der Waals surface area contributed by atoms with Gasteiger partial charge in [-0.05, 0) is 42.3 Å². The number of hydrogen-bond donors (Lipinski definition) is 1. The number of nitrogens with two attached hydrogens (primary N) is 1. The van der Waals surface area contributed by atoms with Crippen molar-refractivity contribution in [1.29, 1.82) is 0 Å². The SMILES string of the molecule is CN(C(=O)[C@@H](N)Cc1cc(F)cc(F)c1)c1ccc2nccnc2c1. The summed E-state index contributed by atoms with van der Waals surface area (Å²) in [5.41, 5.74) is 8.24. The van der Waals surface area contributed by atoms with Gasteiger partial charge in [0.05, 0.1) is 17.1 Å². The van der Waals surface area contributed by atoms with Gasteiger partial charge in [0.15, 0.2) is 0 Å². The summed E-state index contributed by atoms with van der Waals surface area (Å²) in [4.78, 5) is 22.3. The Morgan fingerprint density at radius 3 is 2.40 bits per heavy atom. The molecule has 128 valence electrons. The van der Waals surface area contributed by atoms with E-state index >= 15 is 0 Å². The molecule has 0 saturated heterocycles. The van der Waals surface area contributed by atoms with Gasteiger partial charge in [-0.3, -0.25) is 14.8 Å². The van der Waals surface area contributed by atoms with E-state index in [0.717, 1.165) is 6.07 Å². The predicted octanol–water partition coefficient (Wildman–Crippen LogP) is 2.44. The number of rotatable bonds is 4. The molecule has 3 rings (SSSR count). The zero-order valence-electron chi connectivity index (χ0n) is 13.5. The quantitative estimate of drug-likeness (QED) is 0.790. The average Bonchev–Trinajstić information content (AvgIpc) is 2.59. The average molecular weight is 342 g/mol. The van der Waals surface area contributed by atoms with Gasteiger partial charge < -0.3 is 10.6 Å². The molecule has 0 unspecified atom stereocenters. The van der Waals surface area contributed by atoms with Crippen LogP contribution in [-0.2, 0) is 11.2 Å². The molecule has 1 heterocycles. The van der Waals surface area contributed by atoms with Crippen molar-refractivity contribution in [1.82, 2.24) is 9.97 Å². The van der Waals surface area contributed by atoms with Gasteiger partial charge in [-0.15, -0.1) is 0 Å². The molecular formula is C18H16F2N4O. The van der Waals surface area contributed by atoms with Gasteiger partial charge in [0.2, 0.25) is 5.91 Å². The third kappa shape index (κ3) is 3.77. The number of amides is 1. The van der Waals surface area contributed by atoms with E-state index in [1.165, 1.54) is 17.0 Å². The Balaban J connectivity index is 1.78. The molecule has 0 aliphatic heterocycles. The molecule has 0 aliphatic carbocycles. The first-order valence-electron chi connectivity index (χ1n) is 7.63. The number of hydrogen-bond acceptors (Lipinski definition) is 4. The number of benzene rings is 2. The molecule has 2 aromatic carbocycles. The van der Waals surface area contributed by atoms with Crippen LogP contribution in [0.3, 0.4) is 0 Å². The van der Waals surface area contributed by atoms with E-state index in [9.17, 15) is 13.6 Å². The zero-order chi connectivity index (χ0) is 18.0. The standard InChI is InChI=1S/C18H16F2N4O/c1-24(14-2-3-16-17(10-14)23-5-4-22-16)18(25)15(21)8-11-6-12(19)9-13(20)7-11/h2-7,9-10,15H,8,21H2,1H3/t15-/m0/s1. The molecule has 0 fully saturated rings. The van der Waals surface area contributed by atoms with E-state index in [-0.39, 0.29) is 12.3 Å². The Hall–Kier alpha value is -2.93. The predicted molar refractivity (Wildman–Crippen MR) is 91.0 cm³/mol. The Morgan fingerprint density at radius 2 is 1.72 bits per heavy atom. The lowest BCUT2D eigenvalue weighted by Crippen LogP contribution is -2.43. The van der Waals surface area contributed by atoms with Gasteiger partial charge in [0.25, 0.3) is 0 Å². The molecular weight excluding hydrogens is 326 g/mol. The lowest BCUT2D eigenvalue weighted by atomic mass is 10.0. The van der Waals surface area contributed by atoms with Crippen LogP contribution in [0.25, 0.3) is 11.0 Å². The lowest BCUT2D eigenvalue weighted by molar-refractivity contribution is -0.119. The molecule has 0 bridgehead atoms. The summed E-state index contributed by atoms with van der Waals surface area (Å²) < 4.78 is 26.5. The van der Waals surface area contributed by atoms with E-state index in [1.54, 1.807) is 37.6 Å². The third-order valence-electron chi connectivity index (χ3n) is 3.87. The van der Waals surface area contributed by atoms with Crippen LogP contribution in [0.15, 0.2) is 48.8 Å². The highest BCUT2D eigenvalue weighted by atomic mass is 19.1. The minimum Gasteiger partial charge on any atom is -0.320 e. The maximum atomic E-state index is 13.3.